The first kappa shape index (κ1) is 28.7. The van der Waals surface area contributed by atoms with Gasteiger partial charge < -0.3 is 23.8 Å². The van der Waals surface area contributed by atoms with Gasteiger partial charge in [-0.15, -0.1) is 11.3 Å². The number of likely N-dealkylation sites (tertiary alicyclic amines) is 1. The molecule has 0 saturated carbocycles. The molecule has 212 valence electrons. The maximum Gasteiger partial charge on any atom is 0.289 e. The summed E-state index contributed by atoms with van der Waals surface area (Å²) in [5, 5.41) is 2.48. The third-order valence-electron chi connectivity index (χ3n) is 6.52. The highest BCUT2D eigenvalue weighted by Gasteiger charge is 2.30. The molecule has 1 aliphatic rings. The number of hydrazine groups is 1. The van der Waals surface area contributed by atoms with Crippen molar-refractivity contribution in [3.63, 3.8) is 0 Å². The summed E-state index contributed by atoms with van der Waals surface area (Å²) in [5.74, 6) is 0.734. The van der Waals surface area contributed by atoms with E-state index < -0.39 is 11.8 Å². The van der Waals surface area contributed by atoms with Crippen molar-refractivity contribution < 1.29 is 33.3 Å². The Bertz CT molecular complexity index is 1370. The number of carbonyl (C=O) groups excluding carboxylic acids is 3. The highest BCUT2D eigenvalue weighted by molar-refractivity contribution is 7.09. The van der Waals surface area contributed by atoms with Crippen LogP contribution in [0, 0.1) is 0 Å². The summed E-state index contributed by atoms with van der Waals surface area (Å²) in [6, 6.07) is 10.0. The summed E-state index contributed by atoms with van der Waals surface area (Å²) in [5.41, 5.74) is 5.81. The van der Waals surface area contributed by atoms with Crippen LogP contribution in [0.3, 0.4) is 0 Å². The Hall–Kier alpha value is -4.32. The van der Waals surface area contributed by atoms with Crippen LogP contribution < -0.4 is 29.8 Å². The van der Waals surface area contributed by atoms with E-state index in [1.54, 1.807) is 46.7 Å². The molecule has 2 aromatic carbocycles. The minimum absolute atomic E-state index is 0.110. The minimum atomic E-state index is -0.509. The molecule has 0 aliphatic carbocycles. The number of nitrogens with zero attached hydrogens (tertiary/aromatic N) is 2. The van der Waals surface area contributed by atoms with E-state index in [9.17, 15) is 14.4 Å². The maximum atomic E-state index is 13.3. The number of rotatable bonds is 9. The normalized spacial score (nSPS) is 13.3. The molecule has 0 unspecified atom stereocenters. The van der Waals surface area contributed by atoms with Crippen LogP contribution in [0.5, 0.6) is 23.0 Å². The van der Waals surface area contributed by atoms with Crippen LogP contribution in [0.1, 0.15) is 61.9 Å². The number of thiazole rings is 1. The fourth-order valence-corrected chi connectivity index (χ4v) is 5.46. The number of piperidine rings is 1. The van der Waals surface area contributed by atoms with Crippen molar-refractivity contribution in [1.82, 2.24) is 20.7 Å². The Morgan fingerprint density at radius 3 is 2.38 bits per heavy atom. The summed E-state index contributed by atoms with van der Waals surface area (Å²) in [4.78, 5) is 44.6. The zero-order valence-electron chi connectivity index (χ0n) is 22.8. The first-order valence-electron chi connectivity index (χ1n) is 12.8. The molecule has 11 nitrogen and oxygen atoms in total. The molecule has 0 atom stereocenters. The van der Waals surface area contributed by atoms with Crippen molar-refractivity contribution in [2.24, 2.45) is 0 Å². The third kappa shape index (κ3) is 6.28. The monoisotopic (exact) mass is 568 g/mol. The third-order valence-corrected chi connectivity index (χ3v) is 7.52. The molecular weight excluding hydrogens is 536 g/mol. The Morgan fingerprint density at radius 1 is 0.975 bits per heavy atom. The summed E-state index contributed by atoms with van der Waals surface area (Å²) >= 11 is 1.39. The molecule has 4 rings (SSSR count). The number of nitrogens with one attached hydrogen (secondary N) is 2. The quantitative estimate of drug-likeness (QED) is 0.375. The lowest BCUT2D eigenvalue weighted by Crippen LogP contribution is -2.41. The van der Waals surface area contributed by atoms with E-state index >= 15 is 0 Å². The first-order valence-corrected chi connectivity index (χ1v) is 13.6. The lowest BCUT2D eigenvalue weighted by molar-refractivity contribution is 0.0708. The fourth-order valence-electron chi connectivity index (χ4n) is 4.49. The maximum absolute atomic E-state index is 13.3. The van der Waals surface area contributed by atoms with Crippen molar-refractivity contribution in [2.75, 3.05) is 41.0 Å². The summed E-state index contributed by atoms with van der Waals surface area (Å²) in [6.07, 6.45) is 1.39. The average Bonchev–Trinajstić information content (AvgIpc) is 3.49. The number of amides is 3. The van der Waals surface area contributed by atoms with E-state index in [0.29, 0.717) is 66.7 Å². The molecule has 2 heterocycles. The topological polar surface area (TPSA) is 128 Å². The summed E-state index contributed by atoms with van der Waals surface area (Å²) in [6.45, 7) is 3.39. The van der Waals surface area contributed by atoms with E-state index in [0.717, 1.165) is 5.01 Å². The number of carbonyl (C=O) groups is 3. The molecule has 2 N–H and O–H groups in total. The van der Waals surface area contributed by atoms with E-state index in [-0.39, 0.29) is 17.5 Å². The Kier molecular flexibility index (Phi) is 9.43. The van der Waals surface area contributed by atoms with Crippen LogP contribution in [0.4, 0.5) is 0 Å². The van der Waals surface area contributed by atoms with Crippen molar-refractivity contribution in [1.29, 1.82) is 0 Å². The van der Waals surface area contributed by atoms with Gasteiger partial charge in [0.2, 0.25) is 5.75 Å². The molecule has 3 amide bonds. The molecule has 1 fully saturated rings. The molecule has 40 heavy (non-hydrogen) atoms. The van der Waals surface area contributed by atoms with Gasteiger partial charge in [0, 0.05) is 30.0 Å². The predicted molar refractivity (Wildman–Crippen MR) is 149 cm³/mol. The van der Waals surface area contributed by atoms with Crippen LogP contribution >= 0.6 is 11.3 Å². The molecule has 3 aromatic rings. The SMILES string of the molecule is CCOc1cccc(C(=O)NNC(=O)c2csc(C3CCN(C(=O)c4ccc(OC)c(OC)c4OC)CC3)n2)c1. The van der Waals surface area contributed by atoms with Crippen LogP contribution in [-0.4, -0.2) is 68.6 Å². The number of aromatic nitrogens is 1. The molecule has 1 aromatic heterocycles. The Labute approximate surface area is 236 Å². The van der Waals surface area contributed by atoms with Crippen molar-refractivity contribution in [2.45, 2.75) is 25.7 Å². The molecule has 0 bridgehead atoms. The molecule has 12 heteroatoms. The second-order valence-electron chi connectivity index (χ2n) is 8.89. The molecule has 1 aliphatic heterocycles. The van der Waals surface area contributed by atoms with E-state index in [4.69, 9.17) is 18.9 Å². The van der Waals surface area contributed by atoms with Gasteiger partial charge >= 0.3 is 0 Å². The highest BCUT2D eigenvalue weighted by Crippen LogP contribution is 2.41. The first-order chi connectivity index (χ1) is 19.4. The van der Waals surface area contributed by atoms with Gasteiger partial charge in [-0.05, 0) is 50.1 Å². The smallest absolute Gasteiger partial charge is 0.289 e. The van der Waals surface area contributed by atoms with Crippen molar-refractivity contribution >= 4 is 29.1 Å². The lowest BCUT2D eigenvalue weighted by atomic mass is 9.97. The number of hydrogen-bond acceptors (Lipinski definition) is 9. The number of ether oxygens (including phenoxy) is 4. The molecular formula is C28H32N4O7S. The van der Waals surface area contributed by atoms with Crippen molar-refractivity contribution in [3.05, 3.63) is 63.6 Å². The van der Waals surface area contributed by atoms with Crippen LogP contribution in [-0.2, 0) is 0 Å². The van der Waals surface area contributed by atoms with E-state index in [1.165, 1.54) is 32.7 Å². The Morgan fingerprint density at radius 2 is 1.70 bits per heavy atom. The number of hydrogen-bond donors (Lipinski definition) is 2. The van der Waals surface area contributed by atoms with Gasteiger partial charge in [0.1, 0.15) is 11.4 Å². The molecule has 0 spiro atoms. The lowest BCUT2D eigenvalue weighted by Gasteiger charge is -2.31. The summed E-state index contributed by atoms with van der Waals surface area (Å²) in [7, 11) is 4.51. The van der Waals surface area contributed by atoms with Crippen molar-refractivity contribution in [3.8, 4) is 23.0 Å². The standard InChI is InChI=1S/C28H32N4O7S/c1-5-39-19-8-6-7-18(15-19)25(33)30-31-26(34)21-16-40-27(29-21)17-11-13-32(14-12-17)28(35)20-9-10-22(36-2)24(38-4)23(20)37-3/h6-10,15-17H,5,11-14H2,1-4H3,(H,30,33)(H,31,34). The van der Waals surface area contributed by atoms with Gasteiger partial charge in [-0.25, -0.2) is 4.98 Å². The van der Waals surface area contributed by atoms with Gasteiger partial charge in [0.15, 0.2) is 11.5 Å². The second kappa shape index (κ2) is 13.2. The molecule has 1 saturated heterocycles. The zero-order valence-corrected chi connectivity index (χ0v) is 23.6. The van der Waals surface area contributed by atoms with Gasteiger partial charge in [-0.3, -0.25) is 25.2 Å². The van der Waals surface area contributed by atoms with Gasteiger partial charge in [-0.2, -0.15) is 0 Å². The number of benzene rings is 2. The predicted octanol–water partition coefficient (Wildman–Crippen LogP) is 3.66. The Balaban J connectivity index is 1.33. The average molecular weight is 569 g/mol. The summed E-state index contributed by atoms with van der Waals surface area (Å²) < 4.78 is 21.6. The van der Waals surface area contributed by atoms with Gasteiger partial charge in [0.25, 0.3) is 17.7 Å². The number of methoxy groups -OCH3 is 3. The molecule has 0 radical (unpaired) electrons. The largest absolute Gasteiger partial charge is 0.494 e. The van der Waals surface area contributed by atoms with Crippen LogP contribution in [0.2, 0.25) is 0 Å². The van der Waals surface area contributed by atoms with Crippen LogP contribution in [0.25, 0.3) is 0 Å². The minimum Gasteiger partial charge on any atom is -0.494 e. The highest BCUT2D eigenvalue weighted by atomic mass is 32.1. The second-order valence-corrected chi connectivity index (χ2v) is 9.78. The fraction of sp³-hybridized carbons (Fsp3) is 0.357. The van der Waals surface area contributed by atoms with Crippen LogP contribution in [0.15, 0.2) is 41.8 Å². The van der Waals surface area contributed by atoms with E-state index in [1.807, 2.05) is 6.92 Å². The van der Waals surface area contributed by atoms with Gasteiger partial charge in [0.05, 0.1) is 38.5 Å². The van der Waals surface area contributed by atoms with E-state index in [2.05, 4.69) is 15.8 Å². The zero-order chi connectivity index (χ0) is 28.6. The van der Waals surface area contributed by atoms with Gasteiger partial charge in [-0.1, -0.05) is 6.07 Å².